The predicted octanol–water partition coefficient (Wildman–Crippen LogP) is 3.76. The Hall–Kier alpha value is -2.64. The monoisotopic (exact) mass is 496 g/mol. The Kier molecular flexibility index (Phi) is 5.69. The molecule has 6 nitrogen and oxygen atoms in total. The molecule has 0 aliphatic heterocycles. The number of hydrogen-bond acceptors (Lipinski definition) is 6. The molecule has 0 unspecified atom stereocenters. The molecule has 0 aromatic heterocycles. The Morgan fingerprint density at radius 1 is 1.17 bits per heavy atom. The van der Waals surface area contributed by atoms with Crippen LogP contribution in [0.15, 0.2) is 54.1 Å². The van der Waals surface area contributed by atoms with Crippen molar-refractivity contribution < 1.29 is 33.7 Å². The van der Waals surface area contributed by atoms with Crippen LogP contribution in [0.4, 0.5) is 4.39 Å². The maximum atomic E-state index is 17.2. The SMILES string of the molecule is C[C@H]1C[C@H]2[C@@H]3CCC4=CC(=O)C=C[C@]4(C)[C@@]3(F)[C@@H](O)C[C@]2(C)[C@@]1(O)C(=O)COC(=O)c1ccccc1. The van der Waals surface area contributed by atoms with Crippen LogP contribution in [0.2, 0.25) is 0 Å². The lowest BCUT2D eigenvalue weighted by Gasteiger charge is -2.62. The van der Waals surface area contributed by atoms with Gasteiger partial charge in [0.05, 0.1) is 11.7 Å². The second-order valence-electron chi connectivity index (χ2n) is 11.5. The van der Waals surface area contributed by atoms with Crippen molar-refractivity contribution in [3.8, 4) is 0 Å². The first kappa shape index (κ1) is 25.0. The fourth-order valence-corrected chi connectivity index (χ4v) is 8.04. The number of ketones is 2. The molecular formula is C29H33FO6. The van der Waals surface area contributed by atoms with Gasteiger partial charge in [0.25, 0.3) is 0 Å². The number of fused-ring (bicyclic) bond motifs is 5. The molecule has 192 valence electrons. The molecule has 0 saturated heterocycles. The lowest BCUT2D eigenvalue weighted by Crippen LogP contribution is -2.69. The number of ether oxygens (including phenoxy) is 1. The number of hydrogen-bond donors (Lipinski definition) is 2. The van der Waals surface area contributed by atoms with E-state index in [-0.39, 0.29) is 18.1 Å². The minimum Gasteiger partial charge on any atom is -0.454 e. The average molecular weight is 497 g/mol. The van der Waals surface area contributed by atoms with Crippen LogP contribution >= 0.6 is 0 Å². The van der Waals surface area contributed by atoms with Gasteiger partial charge in [-0.15, -0.1) is 0 Å². The van der Waals surface area contributed by atoms with Crippen LogP contribution in [0.3, 0.4) is 0 Å². The molecule has 1 aromatic rings. The molecule has 1 aromatic carbocycles. The molecule has 0 bridgehead atoms. The molecule has 8 atom stereocenters. The summed E-state index contributed by atoms with van der Waals surface area (Å²) in [6.07, 6.45) is 4.20. The van der Waals surface area contributed by atoms with Crippen molar-refractivity contribution >= 4 is 17.5 Å². The van der Waals surface area contributed by atoms with Crippen molar-refractivity contribution in [3.63, 3.8) is 0 Å². The number of esters is 1. The van der Waals surface area contributed by atoms with Crippen LogP contribution in [0.5, 0.6) is 0 Å². The van der Waals surface area contributed by atoms with Crippen LogP contribution in [0.25, 0.3) is 0 Å². The van der Waals surface area contributed by atoms with E-state index < -0.39 is 58.4 Å². The van der Waals surface area contributed by atoms with E-state index in [1.165, 1.54) is 12.2 Å². The Labute approximate surface area is 210 Å². The van der Waals surface area contributed by atoms with E-state index in [1.807, 2.05) is 0 Å². The van der Waals surface area contributed by atoms with Gasteiger partial charge >= 0.3 is 5.97 Å². The molecule has 3 fully saturated rings. The number of allylic oxidation sites excluding steroid dienone is 4. The summed E-state index contributed by atoms with van der Waals surface area (Å²) >= 11 is 0. The smallest absolute Gasteiger partial charge is 0.338 e. The molecule has 5 rings (SSSR count). The van der Waals surface area contributed by atoms with Crippen LogP contribution < -0.4 is 0 Å². The van der Waals surface area contributed by atoms with E-state index in [0.29, 0.717) is 30.4 Å². The summed E-state index contributed by atoms with van der Waals surface area (Å²) in [5.74, 6) is -2.97. The summed E-state index contributed by atoms with van der Waals surface area (Å²) in [4.78, 5) is 37.9. The van der Waals surface area contributed by atoms with Gasteiger partial charge < -0.3 is 14.9 Å². The number of alkyl halides is 1. The van der Waals surface area contributed by atoms with Gasteiger partial charge in [-0.25, -0.2) is 9.18 Å². The molecule has 36 heavy (non-hydrogen) atoms. The lowest BCUT2D eigenvalue weighted by molar-refractivity contribution is -0.219. The van der Waals surface area contributed by atoms with E-state index in [2.05, 4.69) is 0 Å². The molecular weight excluding hydrogens is 463 g/mol. The summed E-state index contributed by atoms with van der Waals surface area (Å²) in [5.41, 5.74) is -5.17. The van der Waals surface area contributed by atoms with Gasteiger partial charge in [0.15, 0.2) is 18.1 Å². The van der Waals surface area contributed by atoms with E-state index in [0.717, 1.165) is 0 Å². The van der Waals surface area contributed by atoms with Crippen LogP contribution in [0, 0.1) is 28.6 Å². The number of carbonyl (C=O) groups excluding carboxylic acids is 3. The third-order valence-electron chi connectivity index (χ3n) is 9.99. The van der Waals surface area contributed by atoms with Gasteiger partial charge in [-0.2, -0.15) is 0 Å². The van der Waals surface area contributed by atoms with Crippen molar-refractivity contribution in [2.24, 2.45) is 28.6 Å². The number of halogens is 1. The summed E-state index contributed by atoms with van der Waals surface area (Å²) in [6, 6.07) is 8.29. The van der Waals surface area contributed by atoms with E-state index in [4.69, 9.17) is 4.74 Å². The van der Waals surface area contributed by atoms with Gasteiger partial charge in [0, 0.05) is 16.7 Å². The third-order valence-corrected chi connectivity index (χ3v) is 9.99. The van der Waals surface area contributed by atoms with Gasteiger partial charge in [-0.05, 0) is 68.7 Å². The molecule has 2 N–H and O–H groups in total. The molecule has 0 amide bonds. The minimum absolute atomic E-state index is 0.117. The summed E-state index contributed by atoms with van der Waals surface area (Å²) in [6.45, 7) is 4.66. The second kappa shape index (κ2) is 8.18. The van der Waals surface area contributed by atoms with Crippen molar-refractivity contribution in [3.05, 3.63) is 59.7 Å². The molecule has 0 radical (unpaired) electrons. The average Bonchev–Trinajstić information content (AvgIpc) is 3.05. The Morgan fingerprint density at radius 3 is 2.56 bits per heavy atom. The lowest BCUT2D eigenvalue weighted by atomic mass is 9.44. The minimum atomic E-state index is -2.04. The topological polar surface area (TPSA) is 101 Å². The van der Waals surface area contributed by atoms with Crippen molar-refractivity contribution in [2.75, 3.05) is 6.61 Å². The number of benzene rings is 1. The quantitative estimate of drug-likeness (QED) is 0.616. The Balaban J connectivity index is 1.44. The fourth-order valence-electron chi connectivity index (χ4n) is 8.04. The molecule has 4 aliphatic carbocycles. The van der Waals surface area contributed by atoms with E-state index in [9.17, 15) is 24.6 Å². The Morgan fingerprint density at radius 2 is 1.86 bits per heavy atom. The van der Waals surface area contributed by atoms with Crippen LogP contribution in [-0.2, 0) is 14.3 Å². The Bertz CT molecular complexity index is 1180. The van der Waals surface area contributed by atoms with Gasteiger partial charge in [-0.3, -0.25) is 9.59 Å². The van der Waals surface area contributed by atoms with Crippen molar-refractivity contribution in [1.29, 1.82) is 0 Å². The molecule has 4 aliphatic rings. The zero-order valence-corrected chi connectivity index (χ0v) is 20.9. The number of carbonyl (C=O) groups is 3. The first-order chi connectivity index (χ1) is 16.9. The van der Waals surface area contributed by atoms with E-state index in [1.54, 1.807) is 57.2 Å². The fraction of sp³-hybridized carbons (Fsp3) is 0.552. The zero-order chi connectivity index (χ0) is 26.1. The maximum absolute atomic E-state index is 17.2. The molecule has 7 heteroatoms. The van der Waals surface area contributed by atoms with Gasteiger partial charge in [0.1, 0.15) is 5.60 Å². The number of rotatable bonds is 4. The normalized spacial score (nSPS) is 43.2. The summed E-state index contributed by atoms with van der Waals surface area (Å²) < 4.78 is 22.5. The highest BCUT2D eigenvalue weighted by molar-refractivity contribution is 6.01. The van der Waals surface area contributed by atoms with Crippen LogP contribution in [0.1, 0.15) is 56.8 Å². The highest BCUT2D eigenvalue weighted by atomic mass is 19.1. The van der Waals surface area contributed by atoms with Gasteiger partial charge in [0.2, 0.25) is 5.78 Å². The first-order valence-corrected chi connectivity index (χ1v) is 12.7. The zero-order valence-electron chi connectivity index (χ0n) is 20.9. The highest BCUT2D eigenvalue weighted by Crippen LogP contribution is 2.70. The summed E-state index contributed by atoms with van der Waals surface area (Å²) in [5, 5.41) is 23.3. The van der Waals surface area contributed by atoms with E-state index >= 15 is 4.39 Å². The molecule has 0 spiro atoms. The maximum Gasteiger partial charge on any atom is 0.338 e. The number of Topliss-reactive ketones (excluding diaryl/α,β-unsaturated/α-hetero) is 1. The summed E-state index contributed by atoms with van der Waals surface area (Å²) in [7, 11) is 0. The highest BCUT2D eigenvalue weighted by Gasteiger charge is 2.75. The largest absolute Gasteiger partial charge is 0.454 e. The predicted molar refractivity (Wildman–Crippen MR) is 130 cm³/mol. The van der Waals surface area contributed by atoms with Gasteiger partial charge in [-0.1, -0.05) is 43.7 Å². The van der Waals surface area contributed by atoms with Crippen LogP contribution in [-0.4, -0.2) is 51.7 Å². The number of aliphatic hydroxyl groups excluding tert-OH is 1. The van der Waals surface area contributed by atoms with Crippen molar-refractivity contribution in [2.45, 2.75) is 63.8 Å². The molecule has 0 heterocycles. The number of aliphatic hydroxyl groups is 2. The van der Waals surface area contributed by atoms with Crippen molar-refractivity contribution in [1.82, 2.24) is 0 Å². The molecule has 3 saturated carbocycles. The third kappa shape index (κ3) is 3.11. The standard InChI is InChI=1S/C29H33FO6/c1-17-13-22-21-10-9-19-14-20(31)11-12-26(19,2)28(21,30)23(32)15-27(22,3)29(17,35)24(33)16-36-25(34)18-7-5-4-6-8-18/h4-8,11-12,14,17,21-23,32,35H,9-10,13,15-16H2,1-3H3/t17-,21-,22-,23-,26-,27-,28-,29-/m0/s1. The second-order valence-corrected chi connectivity index (χ2v) is 11.5. The first-order valence-electron chi connectivity index (χ1n) is 12.7.